The van der Waals surface area contributed by atoms with Gasteiger partial charge in [-0.15, -0.1) is 0 Å². The van der Waals surface area contributed by atoms with Crippen LogP contribution in [0.15, 0.2) is 91.5 Å². The molecule has 0 aliphatic heterocycles. The third kappa shape index (κ3) is 3.85. The van der Waals surface area contributed by atoms with Crippen LogP contribution in [0.4, 0.5) is 24.7 Å². The van der Waals surface area contributed by atoms with Crippen molar-refractivity contribution in [2.75, 3.05) is 5.32 Å². The van der Waals surface area contributed by atoms with Crippen molar-refractivity contribution in [3.05, 3.63) is 109 Å². The smallest absolute Gasteiger partial charge is 0.182 e. The molecule has 3 heterocycles. The molecule has 0 aliphatic carbocycles. The normalized spacial score (nSPS) is 11.3. The number of halogens is 3. The lowest BCUT2D eigenvalue weighted by molar-refractivity contribution is 0.512. The molecular formula is C27H16F3N5. The topological polar surface area (TPSA) is 55.1 Å². The molecule has 3 aromatic carbocycles. The Morgan fingerprint density at radius 3 is 2.40 bits per heavy atom. The highest BCUT2D eigenvalue weighted by molar-refractivity contribution is 5.93. The van der Waals surface area contributed by atoms with Crippen LogP contribution in [0.25, 0.3) is 38.9 Å². The second-order valence-electron chi connectivity index (χ2n) is 8.00. The largest absolute Gasteiger partial charge is 0.337 e. The molecule has 0 bridgehead atoms. The Morgan fingerprint density at radius 2 is 1.54 bits per heavy atom. The van der Waals surface area contributed by atoms with E-state index >= 15 is 0 Å². The number of hydrogen-bond acceptors (Lipinski definition) is 4. The van der Waals surface area contributed by atoms with Gasteiger partial charge in [0.05, 0.1) is 16.9 Å². The number of fused-ring (bicyclic) bond motifs is 2. The van der Waals surface area contributed by atoms with Gasteiger partial charge in [-0.2, -0.15) is 0 Å². The van der Waals surface area contributed by atoms with Gasteiger partial charge < -0.3 is 9.72 Å². The van der Waals surface area contributed by atoms with Gasteiger partial charge >= 0.3 is 0 Å². The molecule has 6 rings (SSSR count). The predicted molar refractivity (Wildman–Crippen MR) is 129 cm³/mol. The Bertz CT molecular complexity index is 1710. The lowest BCUT2D eigenvalue weighted by atomic mass is 10.0. The van der Waals surface area contributed by atoms with Gasteiger partial charge in [-0.1, -0.05) is 12.1 Å². The number of nitrogens with zero attached hydrogens (tertiary/aromatic N) is 4. The molecule has 5 nitrogen and oxygen atoms in total. The Morgan fingerprint density at radius 1 is 0.743 bits per heavy atom. The van der Waals surface area contributed by atoms with Crippen LogP contribution in [0, 0.1) is 17.5 Å². The van der Waals surface area contributed by atoms with E-state index in [0.29, 0.717) is 16.7 Å². The maximum atomic E-state index is 14.2. The number of anilines is 2. The highest BCUT2D eigenvalue weighted by Gasteiger charge is 2.12. The summed E-state index contributed by atoms with van der Waals surface area (Å²) in [5.41, 5.74) is 4.75. The number of rotatable bonds is 4. The van der Waals surface area contributed by atoms with Crippen molar-refractivity contribution in [2.45, 2.75) is 0 Å². The zero-order valence-corrected chi connectivity index (χ0v) is 18.1. The van der Waals surface area contributed by atoms with Crippen molar-refractivity contribution in [3.8, 4) is 22.4 Å². The van der Waals surface area contributed by atoms with E-state index in [9.17, 15) is 13.2 Å². The predicted octanol–water partition coefficient (Wildman–Crippen LogP) is 6.77. The van der Waals surface area contributed by atoms with Crippen LogP contribution in [0.3, 0.4) is 0 Å². The average molecular weight is 467 g/mol. The van der Waals surface area contributed by atoms with E-state index in [-0.39, 0.29) is 11.5 Å². The van der Waals surface area contributed by atoms with E-state index in [2.05, 4.69) is 20.3 Å². The van der Waals surface area contributed by atoms with Gasteiger partial charge in [0.2, 0.25) is 0 Å². The van der Waals surface area contributed by atoms with Gasteiger partial charge in [0, 0.05) is 23.3 Å². The zero-order valence-electron chi connectivity index (χ0n) is 18.1. The molecule has 0 aliphatic rings. The molecule has 1 N–H and O–H groups in total. The first-order chi connectivity index (χ1) is 17.0. The van der Waals surface area contributed by atoms with Crippen molar-refractivity contribution in [1.29, 1.82) is 0 Å². The first kappa shape index (κ1) is 20.9. The summed E-state index contributed by atoms with van der Waals surface area (Å²) in [4.78, 5) is 13.2. The number of benzene rings is 3. The molecule has 8 heteroatoms. The highest BCUT2D eigenvalue weighted by atomic mass is 19.2. The second kappa shape index (κ2) is 8.25. The fourth-order valence-corrected chi connectivity index (χ4v) is 3.99. The SMILES string of the molecule is Fc1ccc(-c2cn3cc(-c4ccc5ncnc(Nc6cccc(F)c6F)c5c4)ccc3n2)cc1. The number of aromatic nitrogens is 4. The summed E-state index contributed by atoms with van der Waals surface area (Å²) in [6, 6.07) is 19.6. The summed E-state index contributed by atoms with van der Waals surface area (Å²) in [6.07, 6.45) is 5.20. The van der Waals surface area contributed by atoms with Crippen molar-refractivity contribution in [2.24, 2.45) is 0 Å². The van der Waals surface area contributed by atoms with E-state index in [0.717, 1.165) is 34.1 Å². The summed E-state index contributed by atoms with van der Waals surface area (Å²) in [6.45, 7) is 0. The van der Waals surface area contributed by atoms with Gasteiger partial charge in [-0.3, -0.25) is 0 Å². The molecule has 3 aromatic heterocycles. The van der Waals surface area contributed by atoms with Gasteiger partial charge in [0.15, 0.2) is 11.6 Å². The molecule has 0 atom stereocenters. The molecule has 0 fully saturated rings. The van der Waals surface area contributed by atoms with E-state index in [1.165, 1.54) is 30.6 Å². The Balaban J connectivity index is 1.40. The third-order valence-electron chi connectivity index (χ3n) is 5.76. The molecule has 0 radical (unpaired) electrons. The Hall–Kier alpha value is -4.72. The number of imidazole rings is 1. The van der Waals surface area contributed by atoms with Gasteiger partial charge in [-0.05, 0) is 71.8 Å². The van der Waals surface area contributed by atoms with E-state index in [4.69, 9.17) is 0 Å². The number of nitrogens with one attached hydrogen (secondary N) is 1. The van der Waals surface area contributed by atoms with E-state index < -0.39 is 11.6 Å². The lowest BCUT2D eigenvalue weighted by Gasteiger charge is -2.11. The highest BCUT2D eigenvalue weighted by Crippen LogP contribution is 2.30. The van der Waals surface area contributed by atoms with E-state index in [1.54, 1.807) is 12.1 Å². The third-order valence-corrected chi connectivity index (χ3v) is 5.76. The first-order valence-corrected chi connectivity index (χ1v) is 10.8. The standard InChI is InChI=1S/C27H16F3N5/c28-19-8-4-16(5-9-19)24-14-35-13-18(7-11-25(35)33-24)17-6-10-22-20(12-17)27(32-15-31-22)34-23-3-1-2-21(29)26(23)30/h1-15H,(H,31,32,34). The van der Waals surface area contributed by atoms with Crippen molar-refractivity contribution >= 4 is 28.1 Å². The molecule has 0 unspecified atom stereocenters. The summed E-state index contributed by atoms with van der Waals surface area (Å²) >= 11 is 0. The molecule has 0 saturated carbocycles. The molecule has 35 heavy (non-hydrogen) atoms. The summed E-state index contributed by atoms with van der Waals surface area (Å²) in [5, 5.41) is 3.54. The van der Waals surface area contributed by atoms with Crippen molar-refractivity contribution in [1.82, 2.24) is 19.4 Å². The van der Waals surface area contributed by atoms with Crippen LogP contribution in [0.2, 0.25) is 0 Å². The Labute approximate surface area is 197 Å². The average Bonchev–Trinajstić information content (AvgIpc) is 3.30. The van der Waals surface area contributed by atoms with Crippen LogP contribution in [0.1, 0.15) is 0 Å². The Kier molecular flexibility index (Phi) is 4.92. The maximum absolute atomic E-state index is 14.2. The van der Waals surface area contributed by atoms with Crippen LogP contribution in [0.5, 0.6) is 0 Å². The molecule has 0 amide bonds. The molecule has 6 aromatic rings. The minimum absolute atomic E-state index is 0.0106. The summed E-state index contributed by atoms with van der Waals surface area (Å²) in [7, 11) is 0. The summed E-state index contributed by atoms with van der Waals surface area (Å²) in [5.74, 6) is -1.85. The zero-order chi connectivity index (χ0) is 23.9. The first-order valence-electron chi connectivity index (χ1n) is 10.8. The van der Waals surface area contributed by atoms with Crippen LogP contribution < -0.4 is 5.32 Å². The molecule has 170 valence electrons. The molecule has 0 spiro atoms. The van der Waals surface area contributed by atoms with Crippen molar-refractivity contribution in [3.63, 3.8) is 0 Å². The minimum atomic E-state index is -0.974. The van der Waals surface area contributed by atoms with Gasteiger partial charge in [-0.25, -0.2) is 28.1 Å². The molecule has 0 saturated heterocycles. The van der Waals surface area contributed by atoms with Crippen LogP contribution in [-0.2, 0) is 0 Å². The fourth-order valence-electron chi connectivity index (χ4n) is 3.99. The molecular weight excluding hydrogens is 451 g/mol. The number of hydrogen-bond donors (Lipinski definition) is 1. The maximum Gasteiger partial charge on any atom is 0.182 e. The lowest BCUT2D eigenvalue weighted by Crippen LogP contribution is -1.99. The van der Waals surface area contributed by atoms with Gasteiger partial charge in [0.25, 0.3) is 0 Å². The van der Waals surface area contributed by atoms with E-state index in [1.807, 2.05) is 47.1 Å². The van der Waals surface area contributed by atoms with Gasteiger partial charge in [0.1, 0.15) is 23.6 Å². The van der Waals surface area contributed by atoms with Crippen molar-refractivity contribution < 1.29 is 13.2 Å². The van der Waals surface area contributed by atoms with Crippen LogP contribution >= 0.6 is 0 Å². The van der Waals surface area contributed by atoms with Crippen LogP contribution in [-0.4, -0.2) is 19.4 Å². The monoisotopic (exact) mass is 467 g/mol. The number of pyridine rings is 1. The summed E-state index contributed by atoms with van der Waals surface area (Å²) < 4.78 is 43.1. The fraction of sp³-hybridized carbons (Fsp3) is 0. The second-order valence-corrected chi connectivity index (χ2v) is 8.00. The quantitative estimate of drug-likeness (QED) is 0.311. The minimum Gasteiger partial charge on any atom is -0.337 e.